The number of thiazole rings is 1. The molecule has 0 bridgehead atoms. The van der Waals surface area contributed by atoms with E-state index >= 15 is 0 Å². The Labute approximate surface area is 152 Å². The zero-order valence-corrected chi connectivity index (χ0v) is 15.6. The average Bonchev–Trinajstić information content (AvgIpc) is 3.35. The zero-order valence-electron chi connectivity index (χ0n) is 14.8. The molecule has 1 aliphatic carbocycles. The molecular weight excluding hydrogens is 332 g/mol. The third-order valence-electron chi connectivity index (χ3n) is 5.93. The minimum atomic E-state index is 0.0312. The van der Waals surface area contributed by atoms with Gasteiger partial charge in [-0.1, -0.05) is 13.3 Å². The van der Waals surface area contributed by atoms with Crippen LogP contribution in [0.15, 0.2) is 23.8 Å². The standard InChI is InChI=1S/C19H26N4OS/c1-2-14-4-6-19(11-14)5-3-8-23(13-19)18(24)22-15-10-16(21-12-15)17-20-7-9-25-17/h7,9-10,12,14,21H,2-6,8,11,13H2,1H3,(H,22,24). The number of nitrogens with zero attached hydrogens (tertiary/aromatic N) is 2. The summed E-state index contributed by atoms with van der Waals surface area (Å²) in [6.07, 6.45) is 11.2. The van der Waals surface area contributed by atoms with Crippen LogP contribution in [0.25, 0.3) is 10.7 Å². The Morgan fingerprint density at radius 1 is 1.52 bits per heavy atom. The van der Waals surface area contributed by atoms with E-state index in [0.29, 0.717) is 5.41 Å². The second-order valence-electron chi connectivity index (χ2n) is 7.61. The monoisotopic (exact) mass is 358 g/mol. The van der Waals surface area contributed by atoms with Crippen molar-refractivity contribution >= 4 is 23.1 Å². The smallest absolute Gasteiger partial charge is 0.321 e. The van der Waals surface area contributed by atoms with E-state index in [-0.39, 0.29) is 6.03 Å². The molecule has 4 rings (SSSR count). The predicted molar refractivity (Wildman–Crippen MR) is 102 cm³/mol. The van der Waals surface area contributed by atoms with Crippen LogP contribution in [0.1, 0.15) is 45.4 Å². The first kappa shape index (κ1) is 16.6. The number of urea groups is 1. The molecule has 2 amide bonds. The molecule has 1 aliphatic heterocycles. The summed E-state index contributed by atoms with van der Waals surface area (Å²) in [5.41, 5.74) is 2.13. The highest BCUT2D eigenvalue weighted by Crippen LogP contribution is 2.48. The first-order valence-corrected chi connectivity index (χ1v) is 10.2. The second kappa shape index (κ2) is 6.83. The molecule has 1 spiro atoms. The van der Waals surface area contributed by atoms with Gasteiger partial charge in [-0.2, -0.15) is 0 Å². The summed E-state index contributed by atoms with van der Waals surface area (Å²) in [7, 11) is 0. The Balaban J connectivity index is 1.39. The number of amides is 2. The van der Waals surface area contributed by atoms with Crippen LogP contribution in [0.3, 0.4) is 0 Å². The van der Waals surface area contributed by atoms with Gasteiger partial charge in [0, 0.05) is 30.9 Å². The number of nitrogens with one attached hydrogen (secondary N) is 2. The van der Waals surface area contributed by atoms with Gasteiger partial charge in [0.25, 0.3) is 0 Å². The minimum absolute atomic E-state index is 0.0312. The number of carbonyl (C=O) groups is 1. The molecular formula is C19H26N4OS. The number of anilines is 1. The van der Waals surface area contributed by atoms with Crippen LogP contribution in [0.2, 0.25) is 0 Å². The van der Waals surface area contributed by atoms with E-state index in [1.54, 1.807) is 17.5 Å². The van der Waals surface area contributed by atoms with E-state index < -0.39 is 0 Å². The summed E-state index contributed by atoms with van der Waals surface area (Å²) in [6, 6.07) is 1.99. The van der Waals surface area contributed by atoms with Crippen LogP contribution >= 0.6 is 11.3 Å². The van der Waals surface area contributed by atoms with E-state index in [0.717, 1.165) is 41.8 Å². The SMILES string of the molecule is CCC1CCC2(CCCN(C(=O)Nc3c[nH]c(-c4nccs4)c3)C2)C1. The van der Waals surface area contributed by atoms with Crippen molar-refractivity contribution in [3.05, 3.63) is 23.8 Å². The van der Waals surface area contributed by atoms with E-state index in [1.165, 1.54) is 32.1 Å². The molecule has 2 atom stereocenters. The molecule has 1 saturated heterocycles. The molecule has 2 N–H and O–H groups in total. The van der Waals surface area contributed by atoms with Crippen LogP contribution in [-0.4, -0.2) is 34.0 Å². The number of hydrogen-bond donors (Lipinski definition) is 2. The summed E-state index contributed by atoms with van der Waals surface area (Å²) in [5, 5.41) is 5.95. The van der Waals surface area contributed by atoms with Crippen LogP contribution in [0.5, 0.6) is 0 Å². The number of H-pyrrole nitrogens is 1. The van der Waals surface area contributed by atoms with E-state index in [1.807, 2.05) is 22.5 Å². The van der Waals surface area contributed by atoms with Crippen LogP contribution in [0, 0.1) is 11.3 Å². The van der Waals surface area contributed by atoms with Gasteiger partial charge in [0.15, 0.2) is 0 Å². The molecule has 134 valence electrons. The Bertz CT molecular complexity index is 726. The Morgan fingerprint density at radius 2 is 2.44 bits per heavy atom. The molecule has 3 heterocycles. The fourth-order valence-electron chi connectivity index (χ4n) is 4.58. The van der Waals surface area contributed by atoms with Crippen molar-refractivity contribution in [3.63, 3.8) is 0 Å². The van der Waals surface area contributed by atoms with Gasteiger partial charge in [-0.25, -0.2) is 9.78 Å². The number of piperidine rings is 1. The summed E-state index contributed by atoms with van der Waals surface area (Å²) in [6.45, 7) is 4.08. The lowest BCUT2D eigenvalue weighted by Crippen LogP contribution is -2.46. The zero-order chi connectivity index (χ0) is 17.3. The number of aromatic amines is 1. The van der Waals surface area contributed by atoms with Crippen LogP contribution in [-0.2, 0) is 0 Å². The van der Waals surface area contributed by atoms with Gasteiger partial charge in [-0.3, -0.25) is 0 Å². The van der Waals surface area contributed by atoms with Gasteiger partial charge >= 0.3 is 6.03 Å². The van der Waals surface area contributed by atoms with E-state index in [2.05, 4.69) is 22.2 Å². The minimum Gasteiger partial charge on any atom is -0.357 e. The number of carbonyl (C=O) groups excluding carboxylic acids is 1. The Kier molecular flexibility index (Phi) is 4.54. The summed E-state index contributed by atoms with van der Waals surface area (Å²) in [4.78, 5) is 22.3. The van der Waals surface area contributed by atoms with E-state index in [4.69, 9.17) is 0 Å². The fourth-order valence-corrected chi connectivity index (χ4v) is 5.19. The predicted octanol–water partition coefficient (Wildman–Crippen LogP) is 4.96. The molecule has 2 aliphatic rings. The van der Waals surface area contributed by atoms with Gasteiger partial charge in [-0.05, 0) is 49.5 Å². The van der Waals surface area contributed by atoms with E-state index in [9.17, 15) is 4.79 Å². The molecule has 25 heavy (non-hydrogen) atoms. The number of rotatable bonds is 3. The lowest BCUT2D eigenvalue weighted by atomic mass is 9.77. The lowest BCUT2D eigenvalue weighted by Gasteiger charge is -2.40. The maximum Gasteiger partial charge on any atom is 0.321 e. The molecule has 0 radical (unpaired) electrons. The normalized spacial score (nSPS) is 26.3. The molecule has 2 aromatic rings. The lowest BCUT2D eigenvalue weighted by molar-refractivity contribution is 0.112. The number of aromatic nitrogens is 2. The van der Waals surface area contributed by atoms with Crippen molar-refractivity contribution in [3.8, 4) is 10.7 Å². The van der Waals surface area contributed by atoms with Crippen molar-refractivity contribution in [2.75, 3.05) is 18.4 Å². The second-order valence-corrected chi connectivity index (χ2v) is 8.51. The van der Waals surface area contributed by atoms with Crippen molar-refractivity contribution in [2.45, 2.75) is 45.4 Å². The van der Waals surface area contributed by atoms with Gasteiger partial charge in [-0.15, -0.1) is 11.3 Å². The van der Waals surface area contributed by atoms with Crippen LogP contribution in [0.4, 0.5) is 10.5 Å². The maximum atomic E-state index is 12.7. The van der Waals surface area contributed by atoms with Crippen molar-refractivity contribution in [1.82, 2.24) is 14.9 Å². The number of likely N-dealkylation sites (tertiary alicyclic amines) is 1. The summed E-state index contributed by atoms with van der Waals surface area (Å²) >= 11 is 1.59. The molecule has 2 unspecified atom stereocenters. The van der Waals surface area contributed by atoms with Gasteiger partial charge in [0.2, 0.25) is 0 Å². The van der Waals surface area contributed by atoms with Gasteiger partial charge < -0.3 is 15.2 Å². The topological polar surface area (TPSA) is 61.0 Å². The third kappa shape index (κ3) is 3.45. The molecule has 6 heteroatoms. The van der Waals surface area contributed by atoms with Gasteiger partial charge in [0.05, 0.1) is 11.4 Å². The average molecular weight is 359 g/mol. The molecule has 1 saturated carbocycles. The number of hydrogen-bond acceptors (Lipinski definition) is 3. The molecule has 5 nitrogen and oxygen atoms in total. The first-order chi connectivity index (χ1) is 12.2. The molecule has 0 aromatic carbocycles. The quantitative estimate of drug-likeness (QED) is 0.814. The summed E-state index contributed by atoms with van der Waals surface area (Å²) in [5.74, 6) is 0.855. The summed E-state index contributed by atoms with van der Waals surface area (Å²) < 4.78 is 0. The first-order valence-electron chi connectivity index (χ1n) is 9.32. The van der Waals surface area contributed by atoms with Crippen molar-refractivity contribution < 1.29 is 4.79 Å². The van der Waals surface area contributed by atoms with Crippen LogP contribution < -0.4 is 5.32 Å². The highest BCUT2D eigenvalue weighted by Gasteiger charge is 2.42. The van der Waals surface area contributed by atoms with Crippen molar-refractivity contribution in [1.29, 1.82) is 0 Å². The highest BCUT2D eigenvalue weighted by molar-refractivity contribution is 7.13. The Morgan fingerprint density at radius 3 is 3.20 bits per heavy atom. The Hall–Kier alpha value is -1.82. The fraction of sp³-hybridized carbons (Fsp3) is 0.579. The van der Waals surface area contributed by atoms with Crippen molar-refractivity contribution in [2.24, 2.45) is 11.3 Å². The van der Waals surface area contributed by atoms with Gasteiger partial charge in [0.1, 0.15) is 5.01 Å². The molecule has 2 fully saturated rings. The largest absolute Gasteiger partial charge is 0.357 e. The maximum absolute atomic E-state index is 12.7. The third-order valence-corrected chi connectivity index (χ3v) is 6.73. The molecule has 2 aromatic heterocycles. The highest BCUT2D eigenvalue weighted by atomic mass is 32.1.